The molecule has 0 unspecified atom stereocenters. The normalized spacial score (nSPS) is 10.4. The summed E-state index contributed by atoms with van der Waals surface area (Å²) in [5, 5.41) is 0. The van der Waals surface area contributed by atoms with E-state index >= 15 is 0 Å². The van der Waals surface area contributed by atoms with Gasteiger partial charge in [0.2, 0.25) is 0 Å². The smallest absolute Gasteiger partial charge is 0.126 e. The van der Waals surface area contributed by atoms with Gasteiger partial charge in [-0.3, -0.25) is 0 Å². The molecule has 0 heterocycles. The van der Waals surface area contributed by atoms with Crippen LogP contribution in [0.25, 0.3) is 0 Å². The predicted molar refractivity (Wildman–Crippen MR) is 104 cm³/mol. The van der Waals surface area contributed by atoms with Crippen molar-refractivity contribution >= 4 is 0 Å². The molecule has 0 atom stereocenters. The zero-order valence-corrected chi connectivity index (χ0v) is 15.5. The van der Waals surface area contributed by atoms with Crippen LogP contribution in [0.15, 0.2) is 66.7 Å². The molecule has 3 heteroatoms. The van der Waals surface area contributed by atoms with Gasteiger partial charge in [-0.2, -0.15) is 0 Å². The third kappa shape index (κ3) is 4.57. The summed E-state index contributed by atoms with van der Waals surface area (Å²) in [4.78, 5) is 0. The highest BCUT2D eigenvalue weighted by atomic mass is 16.5. The standard InChI is InChI=1S/C23H24O3/c1-17-13-22(25-15-20-9-11-21(24-3)12-10-20)14-23(18(17)2)26-16-19-7-5-4-6-8-19/h4-14H,15-16H2,1-3H3. The van der Waals surface area contributed by atoms with E-state index in [9.17, 15) is 0 Å². The van der Waals surface area contributed by atoms with E-state index in [0.29, 0.717) is 13.2 Å². The number of rotatable bonds is 7. The van der Waals surface area contributed by atoms with Crippen LogP contribution in [0.1, 0.15) is 22.3 Å². The number of methoxy groups -OCH3 is 1. The van der Waals surface area contributed by atoms with Crippen molar-refractivity contribution in [3.63, 3.8) is 0 Å². The lowest BCUT2D eigenvalue weighted by molar-refractivity contribution is 0.288. The monoisotopic (exact) mass is 348 g/mol. The van der Waals surface area contributed by atoms with Gasteiger partial charge in [0.1, 0.15) is 30.5 Å². The Morgan fingerprint density at radius 3 is 2.04 bits per heavy atom. The minimum atomic E-state index is 0.505. The molecule has 0 aromatic heterocycles. The Bertz CT molecular complexity index is 839. The third-order valence-electron chi connectivity index (χ3n) is 4.39. The fourth-order valence-corrected chi connectivity index (χ4v) is 2.65. The number of ether oxygens (including phenoxy) is 3. The van der Waals surface area contributed by atoms with E-state index in [1.807, 2.05) is 54.6 Å². The summed E-state index contributed by atoms with van der Waals surface area (Å²) < 4.78 is 17.2. The summed E-state index contributed by atoms with van der Waals surface area (Å²) in [5.41, 5.74) is 4.53. The average Bonchev–Trinajstić information content (AvgIpc) is 2.69. The second kappa shape index (κ2) is 8.43. The number of aryl methyl sites for hydroxylation is 1. The molecule has 0 radical (unpaired) electrons. The van der Waals surface area contributed by atoms with Crippen molar-refractivity contribution < 1.29 is 14.2 Å². The van der Waals surface area contributed by atoms with E-state index in [2.05, 4.69) is 26.0 Å². The van der Waals surface area contributed by atoms with Gasteiger partial charge < -0.3 is 14.2 Å². The molecule has 0 aliphatic carbocycles. The van der Waals surface area contributed by atoms with Gasteiger partial charge in [0.05, 0.1) is 7.11 Å². The maximum atomic E-state index is 6.03. The highest BCUT2D eigenvalue weighted by molar-refractivity contribution is 5.45. The maximum absolute atomic E-state index is 6.03. The first-order chi connectivity index (χ1) is 12.7. The van der Waals surface area contributed by atoms with E-state index in [0.717, 1.165) is 39.5 Å². The van der Waals surface area contributed by atoms with Gasteiger partial charge in [0.15, 0.2) is 0 Å². The van der Waals surface area contributed by atoms with E-state index in [1.165, 1.54) is 0 Å². The lowest BCUT2D eigenvalue weighted by Gasteiger charge is -2.14. The predicted octanol–water partition coefficient (Wildman–Crippen LogP) is 5.47. The van der Waals surface area contributed by atoms with Crippen LogP contribution in [0.4, 0.5) is 0 Å². The number of hydrogen-bond donors (Lipinski definition) is 0. The van der Waals surface area contributed by atoms with Crippen LogP contribution < -0.4 is 14.2 Å². The summed E-state index contributed by atoms with van der Waals surface area (Å²) in [7, 11) is 1.66. The van der Waals surface area contributed by atoms with Crippen LogP contribution in [-0.4, -0.2) is 7.11 Å². The molecule has 0 N–H and O–H groups in total. The third-order valence-corrected chi connectivity index (χ3v) is 4.39. The zero-order chi connectivity index (χ0) is 18.4. The summed E-state index contributed by atoms with van der Waals surface area (Å²) >= 11 is 0. The van der Waals surface area contributed by atoms with Crippen molar-refractivity contribution in [1.82, 2.24) is 0 Å². The molecule has 3 rings (SSSR count). The second-order valence-electron chi connectivity index (χ2n) is 6.27. The largest absolute Gasteiger partial charge is 0.497 e. The molecule has 0 saturated carbocycles. The van der Waals surface area contributed by atoms with Crippen molar-refractivity contribution in [2.24, 2.45) is 0 Å². The minimum absolute atomic E-state index is 0.505. The Balaban J connectivity index is 1.68. The highest BCUT2D eigenvalue weighted by Gasteiger charge is 2.08. The molecule has 0 aliphatic heterocycles. The first-order valence-corrected chi connectivity index (χ1v) is 8.69. The van der Waals surface area contributed by atoms with Crippen LogP contribution in [0.5, 0.6) is 17.2 Å². The summed E-state index contributed by atoms with van der Waals surface area (Å²) in [6, 6.07) is 22.1. The molecule has 3 aromatic rings. The molecule has 0 fully saturated rings. The van der Waals surface area contributed by atoms with E-state index in [1.54, 1.807) is 7.11 Å². The molecule has 3 aromatic carbocycles. The molecule has 0 bridgehead atoms. The molecule has 26 heavy (non-hydrogen) atoms. The fourth-order valence-electron chi connectivity index (χ4n) is 2.65. The van der Waals surface area contributed by atoms with Crippen LogP contribution in [0, 0.1) is 13.8 Å². The SMILES string of the molecule is COc1ccc(COc2cc(C)c(C)c(OCc3ccccc3)c2)cc1. The zero-order valence-electron chi connectivity index (χ0n) is 15.5. The van der Waals surface area contributed by atoms with Gasteiger partial charge in [0, 0.05) is 6.07 Å². The molecular weight excluding hydrogens is 324 g/mol. The molecule has 0 amide bonds. The minimum Gasteiger partial charge on any atom is -0.497 e. The first-order valence-electron chi connectivity index (χ1n) is 8.69. The van der Waals surface area contributed by atoms with Gasteiger partial charge in [0.25, 0.3) is 0 Å². The van der Waals surface area contributed by atoms with Crippen molar-refractivity contribution in [3.8, 4) is 17.2 Å². The highest BCUT2D eigenvalue weighted by Crippen LogP contribution is 2.29. The van der Waals surface area contributed by atoms with Gasteiger partial charge in [-0.25, -0.2) is 0 Å². The van der Waals surface area contributed by atoms with Crippen molar-refractivity contribution in [2.45, 2.75) is 27.1 Å². The van der Waals surface area contributed by atoms with E-state index in [-0.39, 0.29) is 0 Å². The number of benzene rings is 3. The van der Waals surface area contributed by atoms with Crippen LogP contribution in [0.2, 0.25) is 0 Å². The second-order valence-corrected chi connectivity index (χ2v) is 6.27. The van der Waals surface area contributed by atoms with Gasteiger partial charge in [-0.1, -0.05) is 42.5 Å². The van der Waals surface area contributed by atoms with E-state index in [4.69, 9.17) is 14.2 Å². The average molecular weight is 348 g/mol. The van der Waals surface area contributed by atoms with Crippen LogP contribution in [0.3, 0.4) is 0 Å². The Labute approximate surface area is 155 Å². The molecule has 0 spiro atoms. The summed E-state index contributed by atoms with van der Waals surface area (Å²) in [5.74, 6) is 2.52. The van der Waals surface area contributed by atoms with Crippen molar-refractivity contribution in [1.29, 1.82) is 0 Å². The molecule has 134 valence electrons. The maximum Gasteiger partial charge on any atom is 0.126 e. The Hall–Kier alpha value is -2.94. The summed E-state index contributed by atoms with van der Waals surface area (Å²) in [6.07, 6.45) is 0. The molecule has 0 aliphatic rings. The van der Waals surface area contributed by atoms with Crippen LogP contribution >= 0.6 is 0 Å². The first kappa shape index (κ1) is 17.9. The summed E-state index contributed by atoms with van der Waals surface area (Å²) in [6.45, 7) is 5.20. The Morgan fingerprint density at radius 2 is 1.35 bits per heavy atom. The lowest BCUT2D eigenvalue weighted by Crippen LogP contribution is -2.00. The molecule has 0 saturated heterocycles. The van der Waals surface area contributed by atoms with E-state index < -0.39 is 0 Å². The molecule has 3 nitrogen and oxygen atoms in total. The Morgan fingerprint density at radius 1 is 0.692 bits per heavy atom. The fraction of sp³-hybridized carbons (Fsp3) is 0.217. The lowest BCUT2D eigenvalue weighted by atomic mass is 10.1. The Kier molecular flexibility index (Phi) is 5.80. The van der Waals surface area contributed by atoms with Gasteiger partial charge >= 0.3 is 0 Å². The number of hydrogen-bond acceptors (Lipinski definition) is 3. The topological polar surface area (TPSA) is 27.7 Å². The van der Waals surface area contributed by atoms with Crippen molar-refractivity contribution in [3.05, 3.63) is 89.0 Å². The quantitative estimate of drug-likeness (QED) is 0.567. The van der Waals surface area contributed by atoms with Gasteiger partial charge in [-0.05, 0) is 54.3 Å². The van der Waals surface area contributed by atoms with Crippen LogP contribution in [-0.2, 0) is 13.2 Å². The molecular formula is C23H24O3. The van der Waals surface area contributed by atoms with Crippen molar-refractivity contribution in [2.75, 3.05) is 7.11 Å². The van der Waals surface area contributed by atoms with Gasteiger partial charge in [-0.15, -0.1) is 0 Å².